The van der Waals surface area contributed by atoms with Crippen LogP contribution in [0.1, 0.15) is 40.5 Å². The summed E-state index contributed by atoms with van der Waals surface area (Å²) in [6.07, 6.45) is 5.74. The molecule has 0 atom stereocenters. The molecular formula is C12H22OS2. The predicted molar refractivity (Wildman–Crippen MR) is 74.1 cm³/mol. The van der Waals surface area contributed by atoms with Gasteiger partial charge >= 0.3 is 0 Å². The molecule has 15 heavy (non-hydrogen) atoms. The van der Waals surface area contributed by atoms with Crippen LogP contribution < -0.4 is 0 Å². The Hall–Kier alpha value is 0.140. The van der Waals surface area contributed by atoms with Crippen LogP contribution in [0, 0.1) is 0 Å². The zero-order valence-electron chi connectivity index (χ0n) is 10.2. The highest BCUT2D eigenvalue weighted by molar-refractivity contribution is 8.09. The molecule has 0 fully saturated rings. The summed E-state index contributed by atoms with van der Waals surface area (Å²) in [5.41, 5.74) is 0. The van der Waals surface area contributed by atoms with Crippen molar-refractivity contribution in [2.75, 3.05) is 0 Å². The van der Waals surface area contributed by atoms with Gasteiger partial charge in [-0.05, 0) is 40.5 Å². The van der Waals surface area contributed by atoms with Gasteiger partial charge in [0, 0.05) is 33.6 Å². The van der Waals surface area contributed by atoms with E-state index in [0.29, 0.717) is 0 Å². The lowest BCUT2D eigenvalue weighted by molar-refractivity contribution is 0.625. The monoisotopic (exact) mass is 246 g/mol. The third-order valence-electron chi connectivity index (χ3n) is 1.79. The average Bonchev–Trinajstić information content (AvgIpc) is 2.02. The molecule has 0 rings (SSSR count). The van der Waals surface area contributed by atoms with E-state index in [-0.39, 0.29) is 9.49 Å². The zero-order valence-corrected chi connectivity index (χ0v) is 11.8. The maximum Gasteiger partial charge on any atom is 0.0413 e. The molecule has 0 spiro atoms. The molecule has 0 aliphatic heterocycles. The van der Waals surface area contributed by atoms with Crippen molar-refractivity contribution in [3.8, 4) is 0 Å². The zero-order chi connectivity index (χ0) is 11.9. The van der Waals surface area contributed by atoms with Gasteiger partial charge in [-0.1, -0.05) is 12.2 Å². The number of allylic oxidation sites excluding steroid dienone is 2. The summed E-state index contributed by atoms with van der Waals surface area (Å²) in [6.45, 7) is 16.1. The second-order valence-electron chi connectivity index (χ2n) is 4.74. The molecule has 0 aromatic carbocycles. The van der Waals surface area contributed by atoms with Crippen LogP contribution in [0.4, 0.5) is 0 Å². The summed E-state index contributed by atoms with van der Waals surface area (Å²) in [4.78, 5) is 0. The van der Waals surface area contributed by atoms with E-state index in [1.807, 2.05) is 12.2 Å². The van der Waals surface area contributed by atoms with Crippen LogP contribution in [-0.4, -0.2) is 9.49 Å². The quantitative estimate of drug-likeness (QED) is 0.440. The van der Waals surface area contributed by atoms with E-state index in [1.165, 1.54) is 24.1 Å². The fourth-order valence-electron chi connectivity index (χ4n) is 0.964. The molecule has 0 N–H and O–H groups in total. The first-order valence-corrected chi connectivity index (χ1v) is 6.56. The second kappa shape index (κ2) is 6.66. The Labute approximate surface area is 103 Å². The molecular weight excluding hydrogens is 224 g/mol. The van der Waals surface area contributed by atoms with Crippen LogP contribution >= 0.6 is 24.1 Å². The number of hydrogen-bond acceptors (Lipinski definition) is 3. The van der Waals surface area contributed by atoms with Crippen molar-refractivity contribution in [3.63, 3.8) is 0 Å². The first-order chi connectivity index (χ1) is 6.83. The van der Waals surface area contributed by atoms with Crippen molar-refractivity contribution < 1.29 is 3.63 Å². The lowest BCUT2D eigenvalue weighted by Gasteiger charge is -2.25. The van der Waals surface area contributed by atoms with Crippen LogP contribution in [0.5, 0.6) is 0 Å². The molecule has 0 saturated heterocycles. The molecule has 0 aromatic heterocycles. The van der Waals surface area contributed by atoms with Crippen molar-refractivity contribution >= 4 is 24.1 Å². The first-order valence-electron chi connectivity index (χ1n) is 5.08. The lowest BCUT2D eigenvalue weighted by atomic mass is 10.1. The first kappa shape index (κ1) is 15.1. The van der Waals surface area contributed by atoms with Crippen LogP contribution in [-0.2, 0) is 3.63 Å². The van der Waals surface area contributed by atoms with Gasteiger partial charge in [0.15, 0.2) is 0 Å². The van der Waals surface area contributed by atoms with Crippen LogP contribution in [0.15, 0.2) is 25.3 Å². The Morgan fingerprint density at radius 1 is 0.933 bits per heavy atom. The van der Waals surface area contributed by atoms with Crippen LogP contribution in [0.3, 0.4) is 0 Å². The smallest absolute Gasteiger partial charge is 0.0413 e. The molecule has 0 saturated carbocycles. The average molecular weight is 246 g/mol. The van der Waals surface area contributed by atoms with E-state index in [4.69, 9.17) is 3.63 Å². The Morgan fingerprint density at radius 3 is 1.53 bits per heavy atom. The Balaban J connectivity index is 3.87. The summed E-state index contributed by atoms with van der Waals surface area (Å²) in [6, 6.07) is 0. The van der Waals surface area contributed by atoms with Gasteiger partial charge in [0.1, 0.15) is 0 Å². The van der Waals surface area contributed by atoms with Crippen molar-refractivity contribution in [3.05, 3.63) is 25.3 Å². The molecule has 0 bridgehead atoms. The largest absolute Gasteiger partial charge is 0.246 e. The summed E-state index contributed by atoms with van der Waals surface area (Å²) < 4.78 is 5.80. The standard InChI is InChI=1S/C12H22OS2/c1-7-9-11(3,4)14-13-15-12(5,6)10-8-2/h7-8H,1-2,9-10H2,3-6H3. The molecule has 0 unspecified atom stereocenters. The molecule has 0 amide bonds. The Kier molecular flexibility index (Phi) is 6.73. The fourth-order valence-corrected chi connectivity index (χ4v) is 2.95. The van der Waals surface area contributed by atoms with Crippen LogP contribution in [0.2, 0.25) is 0 Å². The third kappa shape index (κ3) is 8.00. The highest BCUT2D eigenvalue weighted by atomic mass is 32.2. The lowest BCUT2D eigenvalue weighted by Crippen LogP contribution is -2.16. The fraction of sp³-hybridized carbons (Fsp3) is 0.667. The predicted octanol–water partition coefficient (Wildman–Crippen LogP) is 5.01. The summed E-state index contributed by atoms with van der Waals surface area (Å²) in [5.74, 6) is 0. The van der Waals surface area contributed by atoms with Gasteiger partial charge in [-0.15, -0.1) is 13.2 Å². The molecule has 1 nitrogen and oxygen atoms in total. The minimum Gasteiger partial charge on any atom is -0.246 e. The van der Waals surface area contributed by atoms with Crippen LogP contribution in [0.25, 0.3) is 0 Å². The topological polar surface area (TPSA) is 9.23 Å². The van der Waals surface area contributed by atoms with Crippen molar-refractivity contribution in [2.24, 2.45) is 0 Å². The minimum absolute atomic E-state index is 0.0962. The Morgan fingerprint density at radius 2 is 1.27 bits per heavy atom. The normalized spacial score (nSPS) is 12.5. The summed E-state index contributed by atoms with van der Waals surface area (Å²) in [5, 5.41) is 0. The van der Waals surface area contributed by atoms with Gasteiger partial charge in [0.25, 0.3) is 0 Å². The van der Waals surface area contributed by atoms with Gasteiger partial charge in [-0.3, -0.25) is 0 Å². The molecule has 0 aliphatic rings. The van der Waals surface area contributed by atoms with E-state index >= 15 is 0 Å². The number of rotatable bonds is 8. The Bertz CT molecular complexity index is 188. The maximum atomic E-state index is 5.61. The highest BCUT2D eigenvalue weighted by Gasteiger charge is 2.22. The third-order valence-corrected chi connectivity index (χ3v) is 3.57. The van der Waals surface area contributed by atoms with Crippen molar-refractivity contribution in [1.82, 2.24) is 0 Å². The summed E-state index contributed by atoms with van der Waals surface area (Å²) >= 11 is 3.03. The molecule has 0 aromatic rings. The molecule has 0 aliphatic carbocycles. The van der Waals surface area contributed by atoms with E-state index < -0.39 is 0 Å². The van der Waals surface area contributed by atoms with E-state index in [2.05, 4.69) is 40.9 Å². The maximum absolute atomic E-state index is 5.61. The number of hydrogen-bond donors (Lipinski definition) is 0. The summed E-state index contributed by atoms with van der Waals surface area (Å²) in [7, 11) is 0. The van der Waals surface area contributed by atoms with Gasteiger partial charge < -0.3 is 0 Å². The molecule has 3 heteroatoms. The van der Waals surface area contributed by atoms with E-state index in [1.54, 1.807) is 0 Å². The van der Waals surface area contributed by atoms with Crippen molar-refractivity contribution in [1.29, 1.82) is 0 Å². The molecule has 0 radical (unpaired) electrons. The molecule has 88 valence electrons. The van der Waals surface area contributed by atoms with E-state index in [0.717, 1.165) is 12.8 Å². The van der Waals surface area contributed by atoms with Gasteiger partial charge in [0.05, 0.1) is 0 Å². The van der Waals surface area contributed by atoms with Gasteiger partial charge in [-0.25, -0.2) is 3.63 Å². The SMILES string of the molecule is C=CCC(C)(C)SOSC(C)(C)CC=C. The van der Waals surface area contributed by atoms with E-state index in [9.17, 15) is 0 Å². The minimum atomic E-state index is 0.0962. The van der Waals surface area contributed by atoms with Gasteiger partial charge in [-0.2, -0.15) is 0 Å². The second-order valence-corrected chi connectivity index (χ2v) is 7.83. The highest BCUT2D eigenvalue weighted by Crippen LogP contribution is 2.38. The molecule has 0 heterocycles. The van der Waals surface area contributed by atoms with Gasteiger partial charge in [0.2, 0.25) is 0 Å². The van der Waals surface area contributed by atoms with Crippen molar-refractivity contribution in [2.45, 2.75) is 50.0 Å².